The van der Waals surface area contributed by atoms with Gasteiger partial charge in [-0.3, -0.25) is 0 Å². The first kappa shape index (κ1) is 12.7. The van der Waals surface area contributed by atoms with E-state index in [9.17, 15) is 0 Å². The zero-order chi connectivity index (χ0) is 14.4. The van der Waals surface area contributed by atoms with Crippen LogP contribution in [0, 0.1) is 6.92 Å². The van der Waals surface area contributed by atoms with Crippen molar-refractivity contribution in [3.63, 3.8) is 0 Å². The van der Waals surface area contributed by atoms with Gasteiger partial charge in [-0.1, -0.05) is 24.3 Å². The van der Waals surface area contributed by atoms with Crippen molar-refractivity contribution in [2.24, 2.45) is 5.84 Å². The molecule has 1 aromatic carbocycles. The van der Waals surface area contributed by atoms with Crippen LogP contribution in [0.1, 0.15) is 27.7 Å². The number of hydrogen-bond donors (Lipinski definition) is 2. The van der Waals surface area contributed by atoms with E-state index in [1.807, 2.05) is 0 Å². The monoisotopic (exact) mass is 296 g/mol. The van der Waals surface area contributed by atoms with Crippen molar-refractivity contribution in [1.29, 1.82) is 0 Å². The van der Waals surface area contributed by atoms with Gasteiger partial charge in [-0.15, -0.1) is 11.3 Å². The molecular formula is C16H16N4S. The third kappa shape index (κ3) is 2.09. The molecule has 3 aromatic rings. The lowest BCUT2D eigenvalue weighted by Gasteiger charge is -2.10. The summed E-state index contributed by atoms with van der Waals surface area (Å²) in [6.07, 6.45) is 2.02. The summed E-state index contributed by atoms with van der Waals surface area (Å²) < 4.78 is 0. The summed E-state index contributed by atoms with van der Waals surface area (Å²) in [4.78, 5) is 11.7. The van der Waals surface area contributed by atoms with Gasteiger partial charge in [-0.05, 0) is 37.0 Å². The predicted octanol–water partition coefficient (Wildman–Crippen LogP) is 3.17. The Morgan fingerprint density at radius 3 is 2.57 bits per heavy atom. The van der Waals surface area contributed by atoms with Gasteiger partial charge in [-0.2, -0.15) is 0 Å². The Labute approximate surface area is 127 Å². The van der Waals surface area contributed by atoms with Crippen LogP contribution in [0.4, 0.5) is 5.82 Å². The molecule has 0 saturated carbocycles. The lowest BCUT2D eigenvalue weighted by molar-refractivity contribution is 0.688. The highest BCUT2D eigenvalue weighted by Crippen LogP contribution is 2.35. The molecule has 4 nitrogen and oxygen atoms in total. The number of nitrogens with two attached hydrogens (primary N) is 1. The highest BCUT2D eigenvalue weighted by Gasteiger charge is 2.25. The second-order valence-electron chi connectivity index (χ2n) is 5.52. The number of aryl methyl sites for hydroxylation is 1. The van der Waals surface area contributed by atoms with E-state index in [-0.39, 0.29) is 0 Å². The number of nitrogen functional groups attached to an aromatic ring is 1. The molecule has 2 aromatic heterocycles. The molecule has 1 aliphatic carbocycles. The first-order valence-corrected chi connectivity index (χ1v) is 7.87. The van der Waals surface area contributed by atoms with Gasteiger partial charge >= 0.3 is 0 Å². The summed E-state index contributed by atoms with van der Waals surface area (Å²) in [5.41, 5.74) is 5.55. The second-order valence-corrected chi connectivity index (χ2v) is 6.76. The molecule has 0 unspecified atom stereocenters. The van der Waals surface area contributed by atoms with Crippen LogP contribution in [0.3, 0.4) is 0 Å². The topological polar surface area (TPSA) is 63.8 Å². The van der Waals surface area contributed by atoms with Gasteiger partial charge in [0.05, 0.1) is 5.39 Å². The molecule has 4 rings (SSSR count). The Kier molecular flexibility index (Phi) is 2.90. The number of fused-ring (bicyclic) bond motifs is 2. The third-order valence-corrected chi connectivity index (χ3v) is 5.03. The molecule has 0 atom stereocenters. The van der Waals surface area contributed by atoms with Crippen LogP contribution in [0.2, 0.25) is 0 Å². The van der Waals surface area contributed by atoms with Crippen molar-refractivity contribution >= 4 is 27.4 Å². The largest absolute Gasteiger partial charge is 0.308 e. The van der Waals surface area contributed by atoms with E-state index in [1.165, 1.54) is 16.0 Å². The van der Waals surface area contributed by atoms with Crippen molar-refractivity contribution in [3.05, 3.63) is 52.2 Å². The average Bonchev–Trinajstić information content (AvgIpc) is 3.07. The molecule has 0 saturated heterocycles. The molecule has 3 N–H and O–H groups in total. The molecule has 106 valence electrons. The van der Waals surface area contributed by atoms with Crippen LogP contribution in [0.15, 0.2) is 30.3 Å². The minimum absolute atomic E-state index is 0.348. The van der Waals surface area contributed by atoms with Crippen LogP contribution in [0.25, 0.3) is 10.2 Å². The van der Waals surface area contributed by atoms with Crippen LogP contribution in [-0.2, 0) is 12.8 Å². The Morgan fingerprint density at radius 1 is 1.19 bits per heavy atom. The summed E-state index contributed by atoms with van der Waals surface area (Å²) in [5, 5.41) is 1.01. The molecule has 0 aliphatic heterocycles. The van der Waals surface area contributed by atoms with E-state index in [4.69, 9.17) is 10.8 Å². The number of hydrazine groups is 1. The van der Waals surface area contributed by atoms with Gasteiger partial charge in [0, 0.05) is 10.8 Å². The van der Waals surface area contributed by atoms with Gasteiger partial charge in [0.2, 0.25) is 0 Å². The first-order valence-electron chi connectivity index (χ1n) is 7.06. The maximum Gasteiger partial charge on any atom is 0.152 e. The van der Waals surface area contributed by atoms with Crippen LogP contribution in [-0.4, -0.2) is 9.97 Å². The molecular weight excluding hydrogens is 280 g/mol. The van der Waals surface area contributed by atoms with Gasteiger partial charge in [-0.25, -0.2) is 15.8 Å². The minimum atomic E-state index is 0.348. The smallest absolute Gasteiger partial charge is 0.152 e. The number of thiophene rings is 1. The van der Waals surface area contributed by atoms with Crippen molar-refractivity contribution in [3.8, 4) is 0 Å². The van der Waals surface area contributed by atoms with Gasteiger partial charge in [0.1, 0.15) is 10.7 Å². The van der Waals surface area contributed by atoms with E-state index in [0.717, 1.165) is 34.7 Å². The second kappa shape index (κ2) is 4.79. The SMILES string of the molecule is Cc1cc2c(NN)nc(C3Cc4ccccc4C3)nc2s1. The first-order chi connectivity index (χ1) is 10.2. The van der Waals surface area contributed by atoms with Crippen molar-refractivity contribution in [1.82, 2.24) is 9.97 Å². The molecule has 0 radical (unpaired) electrons. The van der Waals surface area contributed by atoms with Crippen molar-refractivity contribution in [2.45, 2.75) is 25.7 Å². The van der Waals surface area contributed by atoms with Crippen LogP contribution >= 0.6 is 11.3 Å². The summed E-state index contributed by atoms with van der Waals surface area (Å²) in [6, 6.07) is 10.7. The minimum Gasteiger partial charge on any atom is -0.308 e. The average molecular weight is 296 g/mol. The Bertz CT molecular complexity index is 799. The van der Waals surface area contributed by atoms with E-state index in [2.05, 4.69) is 47.7 Å². The van der Waals surface area contributed by atoms with Crippen molar-refractivity contribution in [2.75, 3.05) is 5.43 Å². The molecule has 2 heterocycles. The van der Waals surface area contributed by atoms with E-state index >= 15 is 0 Å². The number of nitrogens with zero attached hydrogens (tertiary/aromatic N) is 2. The standard InChI is InChI=1S/C16H16N4S/c1-9-6-13-15(20-17)18-14(19-16(13)21-9)12-7-10-4-2-3-5-11(10)8-12/h2-6,12H,7-8,17H2,1H3,(H,18,19,20). The summed E-state index contributed by atoms with van der Waals surface area (Å²) in [7, 11) is 0. The van der Waals surface area contributed by atoms with Crippen LogP contribution < -0.4 is 11.3 Å². The Balaban J connectivity index is 1.78. The number of hydrogen-bond acceptors (Lipinski definition) is 5. The van der Waals surface area contributed by atoms with Gasteiger partial charge < -0.3 is 5.43 Å². The summed E-state index contributed by atoms with van der Waals surface area (Å²) >= 11 is 1.69. The quantitative estimate of drug-likeness (QED) is 0.563. The molecule has 0 fully saturated rings. The molecule has 1 aliphatic rings. The number of nitrogens with one attached hydrogen (secondary N) is 1. The Hall–Kier alpha value is -1.98. The normalized spacial score (nSPS) is 14.6. The third-order valence-electron chi connectivity index (χ3n) is 4.09. The summed E-state index contributed by atoms with van der Waals surface area (Å²) in [5.74, 6) is 7.62. The van der Waals surface area contributed by atoms with E-state index < -0.39 is 0 Å². The fraction of sp³-hybridized carbons (Fsp3) is 0.250. The lowest BCUT2D eigenvalue weighted by Crippen LogP contribution is -2.12. The molecule has 0 amide bonds. The maximum absolute atomic E-state index is 5.64. The zero-order valence-electron chi connectivity index (χ0n) is 11.8. The molecule has 5 heteroatoms. The number of anilines is 1. The lowest BCUT2D eigenvalue weighted by atomic mass is 10.1. The highest BCUT2D eigenvalue weighted by atomic mass is 32.1. The fourth-order valence-electron chi connectivity index (χ4n) is 3.09. The predicted molar refractivity (Wildman–Crippen MR) is 86.6 cm³/mol. The van der Waals surface area contributed by atoms with Gasteiger partial charge in [0.15, 0.2) is 5.82 Å². The van der Waals surface area contributed by atoms with Crippen molar-refractivity contribution < 1.29 is 0 Å². The maximum atomic E-state index is 5.64. The molecule has 0 spiro atoms. The van der Waals surface area contributed by atoms with Gasteiger partial charge in [0.25, 0.3) is 0 Å². The fourth-order valence-corrected chi connectivity index (χ4v) is 3.98. The van der Waals surface area contributed by atoms with E-state index in [0.29, 0.717) is 5.92 Å². The number of benzene rings is 1. The van der Waals surface area contributed by atoms with Crippen LogP contribution in [0.5, 0.6) is 0 Å². The summed E-state index contributed by atoms with van der Waals surface area (Å²) in [6.45, 7) is 2.08. The Morgan fingerprint density at radius 2 is 1.90 bits per heavy atom. The zero-order valence-corrected chi connectivity index (χ0v) is 12.6. The van der Waals surface area contributed by atoms with E-state index in [1.54, 1.807) is 11.3 Å². The number of aromatic nitrogens is 2. The molecule has 21 heavy (non-hydrogen) atoms. The highest BCUT2D eigenvalue weighted by molar-refractivity contribution is 7.18. The molecule has 0 bridgehead atoms. The number of rotatable bonds is 2.